The number of aromatic nitrogens is 3. The molecule has 0 radical (unpaired) electrons. The molecule has 0 saturated carbocycles. The van der Waals surface area contributed by atoms with Crippen LogP contribution in [0.15, 0.2) is 36.5 Å². The molecule has 0 aliphatic rings. The van der Waals surface area contributed by atoms with Crippen LogP contribution in [0.4, 0.5) is 0 Å². The Bertz CT molecular complexity index is 1010. The van der Waals surface area contributed by atoms with Gasteiger partial charge in [-0.25, -0.2) is 4.68 Å². The number of hydrogen-bond acceptors (Lipinski definition) is 4. The van der Waals surface area contributed by atoms with Crippen molar-refractivity contribution in [1.29, 1.82) is 0 Å². The fraction of sp³-hybridized carbons (Fsp3) is 0.235. The summed E-state index contributed by atoms with van der Waals surface area (Å²) in [5, 5.41) is 8.04. The molecule has 1 amide bonds. The van der Waals surface area contributed by atoms with Crippen molar-refractivity contribution in [3.8, 4) is 0 Å². The number of nitrogens with zero attached hydrogens (tertiary/aromatic N) is 4. The number of fused-ring (bicyclic) bond motifs is 1. The van der Waals surface area contributed by atoms with Crippen molar-refractivity contribution < 1.29 is 4.79 Å². The van der Waals surface area contributed by atoms with E-state index in [4.69, 9.17) is 35.4 Å². The van der Waals surface area contributed by atoms with Crippen LogP contribution in [0.2, 0.25) is 10.0 Å². The number of nitrogens with one attached hydrogen (secondary N) is 1. The van der Waals surface area contributed by atoms with Crippen molar-refractivity contribution >= 4 is 47.0 Å². The fourth-order valence-electron chi connectivity index (χ4n) is 2.63. The van der Waals surface area contributed by atoms with Crippen LogP contribution in [-0.2, 0) is 13.2 Å². The highest BCUT2D eigenvalue weighted by molar-refractivity contribution is 7.71. The lowest BCUT2D eigenvalue weighted by molar-refractivity contribution is 0.0963. The summed E-state index contributed by atoms with van der Waals surface area (Å²) in [7, 11) is 3.58. The van der Waals surface area contributed by atoms with Gasteiger partial charge >= 0.3 is 0 Å². The SMILES string of the molecule is CNC(=O)c1ccc(CN(C)Cn2nc3c(Cl)cc(Cl)cn3c2=S)cc1. The minimum atomic E-state index is -0.101. The van der Waals surface area contributed by atoms with Crippen molar-refractivity contribution in [2.45, 2.75) is 13.2 Å². The molecule has 0 atom stereocenters. The van der Waals surface area contributed by atoms with Gasteiger partial charge in [-0.3, -0.25) is 14.1 Å². The van der Waals surface area contributed by atoms with E-state index >= 15 is 0 Å². The Morgan fingerprint density at radius 1 is 1.31 bits per heavy atom. The summed E-state index contributed by atoms with van der Waals surface area (Å²) in [5.74, 6) is -0.101. The number of hydrogen-bond donors (Lipinski definition) is 1. The molecule has 2 heterocycles. The van der Waals surface area contributed by atoms with Gasteiger partial charge in [-0.1, -0.05) is 35.3 Å². The molecule has 0 bridgehead atoms. The summed E-state index contributed by atoms with van der Waals surface area (Å²) in [6, 6.07) is 9.12. The van der Waals surface area contributed by atoms with Gasteiger partial charge < -0.3 is 5.32 Å². The van der Waals surface area contributed by atoms with Gasteiger partial charge in [0, 0.05) is 25.4 Å². The fourth-order valence-corrected chi connectivity index (χ4v) is 3.38. The number of carbonyl (C=O) groups excluding carboxylic acids is 1. The molecule has 0 unspecified atom stereocenters. The van der Waals surface area contributed by atoms with Crippen LogP contribution in [0.1, 0.15) is 15.9 Å². The average molecular weight is 410 g/mol. The molecule has 6 nitrogen and oxygen atoms in total. The van der Waals surface area contributed by atoms with Crippen LogP contribution in [0.5, 0.6) is 0 Å². The lowest BCUT2D eigenvalue weighted by Gasteiger charge is -2.16. The third-order valence-corrected chi connectivity index (χ3v) is 4.76. The second kappa shape index (κ2) is 7.75. The van der Waals surface area contributed by atoms with Crippen LogP contribution in [-0.4, -0.2) is 39.1 Å². The minimum absolute atomic E-state index is 0.101. The van der Waals surface area contributed by atoms with Crippen molar-refractivity contribution in [1.82, 2.24) is 24.4 Å². The molecule has 1 aromatic carbocycles. The van der Waals surface area contributed by atoms with Gasteiger partial charge in [-0.15, -0.1) is 5.10 Å². The Kier molecular flexibility index (Phi) is 5.62. The van der Waals surface area contributed by atoms with Crippen LogP contribution >= 0.6 is 35.4 Å². The van der Waals surface area contributed by atoms with Crippen molar-refractivity contribution in [2.24, 2.45) is 0 Å². The zero-order chi connectivity index (χ0) is 18.8. The summed E-state index contributed by atoms with van der Waals surface area (Å²) >= 11 is 17.7. The smallest absolute Gasteiger partial charge is 0.251 e. The zero-order valence-electron chi connectivity index (χ0n) is 14.2. The normalized spacial score (nSPS) is 11.3. The van der Waals surface area contributed by atoms with Gasteiger partial charge in [0.2, 0.25) is 4.77 Å². The lowest BCUT2D eigenvalue weighted by atomic mass is 10.1. The van der Waals surface area contributed by atoms with Gasteiger partial charge in [0.1, 0.15) is 0 Å². The Labute approximate surface area is 165 Å². The molecule has 9 heteroatoms. The third kappa shape index (κ3) is 3.91. The summed E-state index contributed by atoms with van der Waals surface area (Å²) < 4.78 is 3.92. The van der Waals surface area contributed by atoms with Gasteiger partial charge in [-0.2, -0.15) is 0 Å². The van der Waals surface area contributed by atoms with Crippen molar-refractivity contribution in [3.05, 3.63) is 62.5 Å². The molecule has 0 saturated heterocycles. The van der Waals surface area contributed by atoms with E-state index in [1.54, 1.807) is 40.5 Å². The molecular formula is C17H17Cl2N5OS. The number of pyridine rings is 1. The standard InChI is InChI=1S/C17H17Cl2N5OS/c1-20-16(25)12-5-3-11(4-6-12)8-22(2)10-24-17(26)23-9-13(18)7-14(19)15(23)21-24/h3-7,9H,8,10H2,1-2H3,(H,20,25). The highest BCUT2D eigenvalue weighted by Crippen LogP contribution is 2.21. The first kappa shape index (κ1) is 18.8. The topological polar surface area (TPSA) is 54.6 Å². The molecule has 2 aromatic heterocycles. The second-order valence-corrected chi connectivity index (χ2v) is 7.12. The third-order valence-electron chi connectivity index (χ3n) is 3.87. The van der Waals surface area contributed by atoms with E-state index in [2.05, 4.69) is 15.3 Å². The zero-order valence-corrected chi connectivity index (χ0v) is 16.6. The van der Waals surface area contributed by atoms with Crippen LogP contribution in [0, 0.1) is 4.77 Å². The van der Waals surface area contributed by atoms with E-state index in [0.717, 1.165) is 5.56 Å². The van der Waals surface area contributed by atoms with Crippen LogP contribution in [0.25, 0.3) is 5.65 Å². The van der Waals surface area contributed by atoms with E-state index in [-0.39, 0.29) is 5.91 Å². The van der Waals surface area contributed by atoms with E-state index < -0.39 is 0 Å². The Balaban J connectivity index is 1.76. The first-order valence-corrected chi connectivity index (χ1v) is 8.99. The summed E-state index contributed by atoms with van der Waals surface area (Å²) in [6.45, 7) is 1.17. The predicted octanol–water partition coefficient (Wildman–Crippen LogP) is 3.62. The van der Waals surface area contributed by atoms with E-state index in [0.29, 0.717) is 39.2 Å². The summed E-state index contributed by atoms with van der Waals surface area (Å²) in [6.07, 6.45) is 1.70. The molecule has 0 spiro atoms. The first-order valence-electron chi connectivity index (χ1n) is 7.83. The van der Waals surface area contributed by atoms with Crippen molar-refractivity contribution in [3.63, 3.8) is 0 Å². The predicted molar refractivity (Wildman–Crippen MR) is 105 cm³/mol. The monoisotopic (exact) mass is 409 g/mol. The number of rotatable bonds is 5. The Morgan fingerprint density at radius 2 is 2.00 bits per heavy atom. The van der Waals surface area contributed by atoms with Crippen LogP contribution in [0.3, 0.4) is 0 Å². The van der Waals surface area contributed by atoms with Gasteiger partial charge in [0.05, 0.1) is 16.7 Å². The molecule has 0 aliphatic heterocycles. The number of halogens is 2. The highest BCUT2D eigenvalue weighted by atomic mass is 35.5. The van der Waals surface area contributed by atoms with Crippen molar-refractivity contribution in [2.75, 3.05) is 14.1 Å². The Hall–Kier alpha value is -1.93. The summed E-state index contributed by atoms with van der Waals surface area (Å²) in [5.41, 5.74) is 2.29. The molecule has 0 aliphatic carbocycles. The molecule has 136 valence electrons. The quantitative estimate of drug-likeness (QED) is 0.653. The molecule has 3 rings (SSSR count). The number of benzene rings is 1. The molecular weight excluding hydrogens is 393 g/mol. The molecule has 1 N–H and O–H groups in total. The van der Waals surface area contributed by atoms with Crippen LogP contribution < -0.4 is 5.32 Å². The molecule has 0 fully saturated rings. The maximum absolute atomic E-state index is 11.6. The van der Waals surface area contributed by atoms with Gasteiger partial charge in [0.25, 0.3) is 5.91 Å². The molecule has 3 aromatic rings. The van der Waals surface area contributed by atoms with E-state index in [1.165, 1.54) is 0 Å². The lowest BCUT2D eigenvalue weighted by Crippen LogP contribution is -2.22. The maximum Gasteiger partial charge on any atom is 0.251 e. The molecule has 26 heavy (non-hydrogen) atoms. The average Bonchev–Trinajstić information content (AvgIpc) is 2.91. The number of carbonyl (C=O) groups is 1. The summed E-state index contributed by atoms with van der Waals surface area (Å²) in [4.78, 5) is 13.7. The van der Waals surface area contributed by atoms with Gasteiger partial charge in [0.15, 0.2) is 5.65 Å². The largest absolute Gasteiger partial charge is 0.355 e. The van der Waals surface area contributed by atoms with E-state index in [9.17, 15) is 4.79 Å². The second-order valence-electron chi connectivity index (χ2n) is 5.91. The minimum Gasteiger partial charge on any atom is -0.355 e. The first-order chi connectivity index (χ1) is 12.4. The maximum atomic E-state index is 11.6. The highest BCUT2D eigenvalue weighted by Gasteiger charge is 2.11. The Morgan fingerprint density at radius 3 is 2.65 bits per heavy atom. The van der Waals surface area contributed by atoms with E-state index in [1.807, 2.05) is 19.2 Å². The number of amides is 1. The van der Waals surface area contributed by atoms with Gasteiger partial charge in [-0.05, 0) is 43.0 Å².